The highest BCUT2D eigenvalue weighted by molar-refractivity contribution is 5.94. The molecule has 0 bridgehead atoms. The van der Waals surface area contributed by atoms with Crippen LogP contribution in [0.25, 0.3) is 0 Å². The van der Waals surface area contributed by atoms with Gasteiger partial charge >= 0.3 is 0 Å². The maximum Gasteiger partial charge on any atom is 0.246 e. The summed E-state index contributed by atoms with van der Waals surface area (Å²) in [5.74, 6) is 0.268. The summed E-state index contributed by atoms with van der Waals surface area (Å²) in [5.41, 5.74) is 7.32. The average Bonchev–Trinajstić information content (AvgIpc) is 2.27. The van der Waals surface area contributed by atoms with Gasteiger partial charge in [0.1, 0.15) is 6.54 Å². The first kappa shape index (κ1) is 12.2. The number of aryl methyl sites for hydroxylation is 1. The van der Waals surface area contributed by atoms with Crippen molar-refractivity contribution in [3.8, 4) is 0 Å². The molecule has 0 saturated carbocycles. The van der Waals surface area contributed by atoms with Gasteiger partial charge in [0.2, 0.25) is 5.91 Å². The second-order valence-corrected chi connectivity index (χ2v) is 3.52. The Morgan fingerprint density at radius 1 is 1.44 bits per heavy atom. The highest BCUT2D eigenvalue weighted by atomic mass is 16.1. The molecule has 0 heterocycles. The van der Waals surface area contributed by atoms with Gasteiger partial charge in [-0.3, -0.25) is 9.79 Å². The van der Waals surface area contributed by atoms with E-state index in [2.05, 4.69) is 10.3 Å². The first-order chi connectivity index (χ1) is 7.63. The van der Waals surface area contributed by atoms with E-state index in [9.17, 15) is 4.79 Å². The lowest BCUT2D eigenvalue weighted by Gasteiger charge is -2.08. The van der Waals surface area contributed by atoms with E-state index in [1.165, 1.54) is 0 Å². The van der Waals surface area contributed by atoms with Crippen LogP contribution in [0.15, 0.2) is 29.3 Å². The minimum Gasteiger partial charge on any atom is -0.388 e. The van der Waals surface area contributed by atoms with Crippen molar-refractivity contribution in [1.29, 1.82) is 0 Å². The molecule has 4 heteroatoms. The van der Waals surface area contributed by atoms with E-state index in [4.69, 9.17) is 5.73 Å². The number of anilines is 1. The van der Waals surface area contributed by atoms with Crippen LogP contribution in [0.3, 0.4) is 0 Å². The number of carbonyl (C=O) groups is 1. The first-order valence-corrected chi connectivity index (χ1v) is 5.27. The summed E-state index contributed by atoms with van der Waals surface area (Å²) in [5, 5.41) is 2.82. The summed E-state index contributed by atoms with van der Waals surface area (Å²) in [6.45, 7) is 3.78. The van der Waals surface area contributed by atoms with Crippen molar-refractivity contribution in [2.75, 3.05) is 11.9 Å². The number of para-hydroxylation sites is 1. The third-order valence-corrected chi connectivity index (χ3v) is 2.14. The number of amides is 1. The number of hydrogen-bond donors (Lipinski definition) is 2. The van der Waals surface area contributed by atoms with Crippen LogP contribution in [0.4, 0.5) is 5.69 Å². The fourth-order valence-corrected chi connectivity index (χ4v) is 1.34. The fourth-order valence-electron chi connectivity index (χ4n) is 1.34. The molecule has 0 atom stereocenters. The lowest BCUT2D eigenvalue weighted by molar-refractivity contribution is -0.114. The van der Waals surface area contributed by atoms with Gasteiger partial charge < -0.3 is 11.1 Å². The van der Waals surface area contributed by atoms with Gasteiger partial charge in [-0.15, -0.1) is 0 Å². The van der Waals surface area contributed by atoms with E-state index in [-0.39, 0.29) is 12.5 Å². The summed E-state index contributed by atoms with van der Waals surface area (Å²) in [4.78, 5) is 15.4. The normalized spacial score (nSPS) is 11.2. The van der Waals surface area contributed by atoms with Crippen LogP contribution < -0.4 is 11.1 Å². The van der Waals surface area contributed by atoms with Crippen LogP contribution in [0.1, 0.15) is 19.4 Å². The minimum atomic E-state index is -0.147. The van der Waals surface area contributed by atoms with Crippen LogP contribution in [0.5, 0.6) is 0 Å². The van der Waals surface area contributed by atoms with Gasteiger partial charge in [0.05, 0.1) is 5.84 Å². The molecule has 3 N–H and O–H groups in total. The van der Waals surface area contributed by atoms with E-state index in [0.717, 1.165) is 17.7 Å². The number of nitrogens with one attached hydrogen (secondary N) is 1. The Morgan fingerprint density at radius 2 is 2.12 bits per heavy atom. The Labute approximate surface area is 95.6 Å². The molecule has 0 spiro atoms. The van der Waals surface area contributed by atoms with E-state index in [0.29, 0.717) is 5.84 Å². The third-order valence-electron chi connectivity index (χ3n) is 2.14. The van der Waals surface area contributed by atoms with Gasteiger partial charge in [0.25, 0.3) is 0 Å². The maximum absolute atomic E-state index is 11.5. The highest BCUT2D eigenvalue weighted by Crippen LogP contribution is 2.14. The van der Waals surface area contributed by atoms with Gasteiger partial charge in [0.15, 0.2) is 0 Å². The Balaban J connectivity index is 2.66. The average molecular weight is 219 g/mol. The smallest absolute Gasteiger partial charge is 0.246 e. The quantitative estimate of drug-likeness (QED) is 0.596. The predicted molar refractivity (Wildman–Crippen MR) is 66.6 cm³/mol. The molecule has 16 heavy (non-hydrogen) atoms. The summed E-state index contributed by atoms with van der Waals surface area (Å²) < 4.78 is 0. The van der Waals surface area contributed by atoms with Crippen molar-refractivity contribution in [1.82, 2.24) is 0 Å². The summed E-state index contributed by atoms with van der Waals surface area (Å²) in [6, 6.07) is 7.73. The number of nitrogens with two attached hydrogens (primary N) is 1. The molecule has 1 aromatic rings. The Hall–Kier alpha value is -1.84. The van der Waals surface area contributed by atoms with Crippen molar-refractivity contribution in [2.45, 2.75) is 20.3 Å². The van der Waals surface area contributed by atoms with Gasteiger partial charge in [-0.1, -0.05) is 25.1 Å². The van der Waals surface area contributed by atoms with Crippen molar-refractivity contribution in [2.24, 2.45) is 10.7 Å². The molecule has 86 valence electrons. The standard InChI is InChI=1S/C12H17N3O/c1-3-10-6-4-5-7-11(10)15-12(16)8-14-9(2)13/h4-7H,3,8H2,1-2H3,(H2,13,14)(H,15,16). The summed E-state index contributed by atoms with van der Waals surface area (Å²) >= 11 is 0. The second kappa shape index (κ2) is 5.90. The molecule has 0 fully saturated rings. The van der Waals surface area contributed by atoms with Crippen LogP contribution in [-0.2, 0) is 11.2 Å². The lowest BCUT2D eigenvalue weighted by Crippen LogP contribution is -2.18. The molecular formula is C12H17N3O. The van der Waals surface area contributed by atoms with Gasteiger partial charge in [-0.25, -0.2) is 0 Å². The summed E-state index contributed by atoms with van der Waals surface area (Å²) in [7, 11) is 0. The van der Waals surface area contributed by atoms with Crippen LogP contribution in [0.2, 0.25) is 0 Å². The largest absolute Gasteiger partial charge is 0.388 e. The molecule has 1 aromatic carbocycles. The van der Waals surface area contributed by atoms with Gasteiger partial charge in [-0.05, 0) is 25.0 Å². The number of aliphatic imine (C=N–C) groups is 1. The lowest BCUT2D eigenvalue weighted by atomic mass is 10.1. The molecule has 4 nitrogen and oxygen atoms in total. The molecule has 1 amide bonds. The second-order valence-electron chi connectivity index (χ2n) is 3.52. The molecule has 0 aliphatic heterocycles. The molecular weight excluding hydrogens is 202 g/mol. The number of hydrogen-bond acceptors (Lipinski definition) is 2. The van der Waals surface area contributed by atoms with Crippen molar-refractivity contribution < 1.29 is 4.79 Å². The number of benzene rings is 1. The Morgan fingerprint density at radius 3 is 2.75 bits per heavy atom. The first-order valence-electron chi connectivity index (χ1n) is 5.27. The highest BCUT2D eigenvalue weighted by Gasteiger charge is 2.04. The fraction of sp³-hybridized carbons (Fsp3) is 0.333. The zero-order chi connectivity index (χ0) is 12.0. The van der Waals surface area contributed by atoms with E-state index in [1.54, 1.807) is 6.92 Å². The predicted octanol–water partition coefficient (Wildman–Crippen LogP) is 1.56. The molecule has 0 radical (unpaired) electrons. The maximum atomic E-state index is 11.5. The Kier molecular flexibility index (Phi) is 4.51. The van der Waals surface area contributed by atoms with Crippen LogP contribution in [0, 0.1) is 0 Å². The van der Waals surface area contributed by atoms with Gasteiger partial charge in [-0.2, -0.15) is 0 Å². The molecule has 0 aliphatic carbocycles. The van der Waals surface area contributed by atoms with Crippen LogP contribution >= 0.6 is 0 Å². The molecule has 0 aromatic heterocycles. The summed E-state index contributed by atoms with van der Waals surface area (Å²) in [6.07, 6.45) is 0.885. The molecule has 0 unspecified atom stereocenters. The number of rotatable bonds is 4. The minimum absolute atomic E-state index is 0.0698. The topological polar surface area (TPSA) is 67.5 Å². The van der Waals surface area contributed by atoms with Gasteiger partial charge in [0, 0.05) is 5.69 Å². The SMILES string of the molecule is CCc1ccccc1NC(=O)CN=C(C)N. The van der Waals surface area contributed by atoms with Crippen molar-refractivity contribution >= 4 is 17.4 Å². The van der Waals surface area contributed by atoms with Crippen LogP contribution in [-0.4, -0.2) is 18.3 Å². The van der Waals surface area contributed by atoms with Crippen molar-refractivity contribution in [3.63, 3.8) is 0 Å². The molecule has 0 saturated heterocycles. The molecule has 0 aliphatic rings. The molecule has 1 rings (SSSR count). The number of nitrogens with zero attached hydrogens (tertiary/aromatic N) is 1. The van der Waals surface area contributed by atoms with E-state index >= 15 is 0 Å². The monoisotopic (exact) mass is 219 g/mol. The van der Waals surface area contributed by atoms with E-state index < -0.39 is 0 Å². The third kappa shape index (κ3) is 3.73. The van der Waals surface area contributed by atoms with E-state index in [1.807, 2.05) is 31.2 Å². The van der Waals surface area contributed by atoms with Crippen molar-refractivity contribution in [3.05, 3.63) is 29.8 Å². The zero-order valence-corrected chi connectivity index (χ0v) is 9.66. The zero-order valence-electron chi connectivity index (χ0n) is 9.66. The number of carbonyl (C=O) groups excluding carboxylic acids is 1. The Bertz CT molecular complexity index is 395. The number of amidine groups is 1.